The van der Waals surface area contributed by atoms with Gasteiger partial charge in [-0.3, -0.25) is 33.7 Å². The van der Waals surface area contributed by atoms with Crippen molar-refractivity contribution in [2.45, 2.75) is 124 Å². The maximum atomic E-state index is 14.5. The van der Waals surface area contributed by atoms with Gasteiger partial charge in [0.1, 0.15) is 17.7 Å². The van der Waals surface area contributed by atoms with Crippen LogP contribution in [0.1, 0.15) is 94.6 Å². The van der Waals surface area contributed by atoms with E-state index in [1.54, 1.807) is 47.9 Å². The zero-order valence-corrected chi connectivity index (χ0v) is 37.6. The van der Waals surface area contributed by atoms with Crippen molar-refractivity contribution in [3.8, 4) is 0 Å². The number of benzene rings is 2. The Bertz CT molecular complexity index is 1970. The van der Waals surface area contributed by atoms with Gasteiger partial charge in [-0.25, -0.2) is 4.79 Å². The molecule has 1 unspecified atom stereocenters. The SMILES string of the molecule is CN[C@H](C(=O)NC(C(=O)N(C)[C@H](/C=C(\C)C(=O)N[C@H](CCC(=O)NCCN1C(=O)C=CC1=O)C(=O)OC(C)(C)C)C(C)C)C(C)(C)C)C(C)(C)c1ccc2ccccc2c1. The molecule has 1 heterocycles. The number of amides is 6. The molecule has 0 radical (unpaired) electrons. The van der Waals surface area contributed by atoms with Gasteiger partial charge in [-0.15, -0.1) is 0 Å². The van der Waals surface area contributed by atoms with Crippen LogP contribution in [0.2, 0.25) is 0 Å². The molecule has 328 valence electrons. The van der Waals surface area contributed by atoms with Crippen molar-refractivity contribution in [1.82, 2.24) is 31.1 Å². The second-order valence-electron chi connectivity index (χ2n) is 18.5. The van der Waals surface area contributed by atoms with Gasteiger partial charge in [0.05, 0.1) is 12.1 Å². The summed E-state index contributed by atoms with van der Waals surface area (Å²) in [4.78, 5) is 94.5. The first-order valence-electron chi connectivity index (χ1n) is 20.5. The molecule has 0 bridgehead atoms. The van der Waals surface area contributed by atoms with Gasteiger partial charge in [0.15, 0.2) is 0 Å². The van der Waals surface area contributed by atoms with E-state index >= 15 is 0 Å². The van der Waals surface area contributed by atoms with Gasteiger partial charge in [-0.2, -0.15) is 0 Å². The molecule has 60 heavy (non-hydrogen) atoms. The van der Waals surface area contributed by atoms with Gasteiger partial charge in [-0.05, 0) is 68.8 Å². The highest BCUT2D eigenvalue weighted by atomic mass is 16.6. The summed E-state index contributed by atoms with van der Waals surface area (Å²) >= 11 is 0. The van der Waals surface area contributed by atoms with Gasteiger partial charge in [0.2, 0.25) is 23.6 Å². The molecule has 6 amide bonds. The summed E-state index contributed by atoms with van der Waals surface area (Å²) < 4.78 is 5.57. The summed E-state index contributed by atoms with van der Waals surface area (Å²) in [5.41, 5.74) is -1.05. The number of hydrogen-bond donors (Lipinski definition) is 4. The van der Waals surface area contributed by atoms with E-state index in [-0.39, 0.29) is 49.2 Å². The molecule has 14 heteroatoms. The standard InChI is InChI=1S/C46H66N6O8/c1-28(2)34(26-29(3)40(56)49-33(43(59)60-45(7,8)9)20-21-35(53)48-24-25-52-36(54)22-23-37(52)55)51(13)42(58)39(44(4,5)6)50-41(57)38(47-12)46(10,11)32-19-18-30-16-14-15-17-31(30)27-32/h14-19,22-23,26-28,33-34,38-39,47H,20-21,24-25H2,1-13H3,(H,48,53)(H,49,56)(H,50,57)/b29-26+/t33-,34-,38-,39?/m1/s1. The number of hydrogen-bond acceptors (Lipinski definition) is 9. The van der Waals surface area contributed by atoms with E-state index in [2.05, 4.69) is 27.3 Å². The van der Waals surface area contributed by atoms with Gasteiger partial charge in [0, 0.05) is 49.7 Å². The zero-order valence-electron chi connectivity index (χ0n) is 37.6. The first kappa shape index (κ1) is 49.0. The Morgan fingerprint density at radius 2 is 1.45 bits per heavy atom. The lowest BCUT2D eigenvalue weighted by Gasteiger charge is -2.40. The van der Waals surface area contributed by atoms with Crippen molar-refractivity contribution in [2.75, 3.05) is 27.2 Å². The molecular weight excluding hydrogens is 765 g/mol. The van der Waals surface area contributed by atoms with Crippen LogP contribution in [-0.4, -0.2) is 108 Å². The second-order valence-corrected chi connectivity index (χ2v) is 18.5. The minimum Gasteiger partial charge on any atom is -0.458 e. The Hall–Kier alpha value is -5.37. The van der Waals surface area contributed by atoms with Crippen molar-refractivity contribution in [3.05, 3.63) is 71.8 Å². The van der Waals surface area contributed by atoms with Gasteiger partial charge in [0.25, 0.3) is 11.8 Å². The van der Waals surface area contributed by atoms with Crippen molar-refractivity contribution in [3.63, 3.8) is 0 Å². The van der Waals surface area contributed by atoms with Crippen LogP contribution in [0.25, 0.3) is 10.8 Å². The summed E-state index contributed by atoms with van der Waals surface area (Å²) in [6, 6.07) is 10.8. The first-order valence-corrected chi connectivity index (χ1v) is 20.5. The number of esters is 1. The lowest BCUT2D eigenvalue weighted by molar-refractivity contribution is -0.158. The molecule has 0 aromatic heterocycles. The summed E-state index contributed by atoms with van der Waals surface area (Å²) in [6.45, 7) is 20.1. The Balaban J connectivity index is 1.77. The third-order valence-corrected chi connectivity index (χ3v) is 10.6. The number of nitrogens with zero attached hydrogens (tertiary/aromatic N) is 2. The number of likely N-dealkylation sites (N-methyl/N-ethyl adjacent to an activating group) is 2. The fourth-order valence-electron chi connectivity index (χ4n) is 7.10. The van der Waals surface area contributed by atoms with Crippen LogP contribution >= 0.6 is 0 Å². The minimum absolute atomic E-state index is 0.00974. The summed E-state index contributed by atoms with van der Waals surface area (Å²) in [5, 5.41) is 13.8. The summed E-state index contributed by atoms with van der Waals surface area (Å²) in [5.74, 6) is -3.53. The van der Waals surface area contributed by atoms with Gasteiger partial charge >= 0.3 is 5.97 Å². The Kier molecular flexibility index (Phi) is 16.5. The molecule has 3 rings (SSSR count). The Morgan fingerprint density at radius 1 is 0.850 bits per heavy atom. The van der Waals surface area contributed by atoms with Crippen molar-refractivity contribution < 1.29 is 38.3 Å². The van der Waals surface area contributed by atoms with E-state index in [4.69, 9.17) is 4.74 Å². The number of fused-ring (bicyclic) bond motifs is 1. The largest absolute Gasteiger partial charge is 0.458 e. The van der Waals surface area contributed by atoms with E-state index in [1.807, 2.05) is 84.9 Å². The average molecular weight is 831 g/mol. The third kappa shape index (κ3) is 13.1. The predicted molar refractivity (Wildman–Crippen MR) is 232 cm³/mol. The monoisotopic (exact) mass is 830 g/mol. The maximum absolute atomic E-state index is 14.5. The van der Waals surface area contributed by atoms with E-state index in [9.17, 15) is 33.6 Å². The van der Waals surface area contributed by atoms with Gasteiger partial charge < -0.3 is 30.9 Å². The molecule has 1 aliphatic rings. The Morgan fingerprint density at radius 3 is 2.00 bits per heavy atom. The van der Waals surface area contributed by atoms with Crippen molar-refractivity contribution in [1.29, 1.82) is 0 Å². The smallest absolute Gasteiger partial charge is 0.329 e. The highest BCUT2D eigenvalue weighted by Gasteiger charge is 2.42. The molecule has 14 nitrogen and oxygen atoms in total. The molecular formula is C46H66N6O8. The number of carbonyl (C=O) groups is 7. The van der Waals surface area contributed by atoms with Crippen LogP contribution in [0.3, 0.4) is 0 Å². The quantitative estimate of drug-likeness (QED) is 0.0967. The highest BCUT2D eigenvalue weighted by molar-refractivity contribution is 6.12. The maximum Gasteiger partial charge on any atom is 0.329 e. The third-order valence-electron chi connectivity index (χ3n) is 10.6. The molecule has 4 atom stereocenters. The molecule has 0 fully saturated rings. The van der Waals surface area contributed by atoms with Crippen LogP contribution < -0.4 is 21.3 Å². The predicted octanol–water partition coefficient (Wildman–Crippen LogP) is 4.31. The molecule has 0 saturated carbocycles. The van der Waals surface area contributed by atoms with E-state index in [1.165, 1.54) is 4.90 Å². The van der Waals surface area contributed by atoms with E-state index in [0.29, 0.717) is 0 Å². The minimum atomic E-state index is -1.19. The molecule has 0 aliphatic carbocycles. The summed E-state index contributed by atoms with van der Waals surface area (Å²) in [7, 11) is 3.37. The van der Waals surface area contributed by atoms with Crippen LogP contribution in [-0.2, 0) is 43.7 Å². The summed E-state index contributed by atoms with van der Waals surface area (Å²) in [6.07, 6.45) is 3.73. The molecule has 1 aliphatic heterocycles. The fraction of sp³-hybridized carbons (Fsp3) is 0.543. The number of carbonyl (C=O) groups excluding carboxylic acids is 7. The highest BCUT2D eigenvalue weighted by Crippen LogP contribution is 2.31. The zero-order chi connectivity index (χ0) is 45.3. The topological polar surface area (TPSA) is 183 Å². The van der Waals surface area contributed by atoms with Crippen molar-refractivity contribution >= 4 is 52.2 Å². The molecule has 2 aromatic rings. The first-order chi connectivity index (χ1) is 27.8. The fourth-order valence-corrected chi connectivity index (χ4v) is 7.10. The Labute approximate surface area is 355 Å². The normalized spacial score (nSPS) is 15.7. The number of ether oxygens (including phenoxy) is 1. The molecule has 4 N–H and O–H groups in total. The number of nitrogens with one attached hydrogen (secondary N) is 4. The van der Waals surface area contributed by atoms with Crippen LogP contribution in [0.5, 0.6) is 0 Å². The van der Waals surface area contributed by atoms with E-state index in [0.717, 1.165) is 33.4 Å². The van der Waals surface area contributed by atoms with Gasteiger partial charge in [-0.1, -0.05) is 97.0 Å². The number of imide groups is 1. The number of rotatable bonds is 18. The lowest BCUT2D eigenvalue weighted by atomic mass is 9.76. The average Bonchev–Trinajstić information content (AvgIpc) is 3.47. The second kappa shape index (κ2) is 20.3. The van der Waals surface area contributed by atoms with Crippen molar-refractivity contribution in [2.24, 2.45) is 11.3 Å². The van der Waals surface area contributed by atoms with Crippen LogP contribution in [0.15, 0.2) is 66.3 Å². The molecule has 0 saturated heterocycles. The van der Waals surface area contributed by atoms with Crippen LogP contribution in [0.4, 0.5) is 0 Å². The van der Waals surface area contributed by atoms with Crippen LogP contribution in [0, 0.1) is 11.3 Å². The molecule has 0 spiro atoms. The lowest BCUT2D eigenvalue weighted by Crippen LogP contribution is -2.61. The molecule has 2 aromatic carbocycles. The van der Waals surface area contributed by atoms with E-state index < -0.39 is 70.2 Å².